The van der Waals surface area contributed by atoms with Gasteiger partial charge in [0, 0.05) is 6.54 Å². The van der Waals surface area contributed by atoms with Crippen molar-refractivity contribution in [2.45, 2.75) is 18.9 Å². The summed E-state index contributed by atoms with van der Waals surface area (Å²) in [5.41, 5.74) is 1.72. The SMILES string of the molecule is O=C(Cl)c1cnc2ccc(N3CCCC3c3cccc(F)c3)nn12. The number of benzene rings is 1. The minimum Gasteiger partial charge on any atom is -0.348 e. The summed E-state index contributed by atoms with van der Waals surface area (Å²) in [5, 5.41) is 3.92. The molecule has 1 aromatic carbocycles. The van der Waals surface area contributed by atoms with Crippen LogP contribution in [0.1, 0.15) is 34.9 Å². The van der Waals surface area contributed by atoms with Gasteiger partial charge in [-0.3, -0.25) is 4.79 Å². The van der Waals surface area contributed by atoms with E-state index < -0.39 is 5.24 Å². The average Bonchev–Trinajstić information content (AvgIpc) is 3.21. The Morgan fingerprint density at radius 3 is 2.96 bits per heavy atom. The van der Waals surface area contributed by atoms with E-state index in [0.717, 1.165) is 24.9 Å². The molecule has 3 aromatic rings. The van der Waals surface area contributed by atoms with Crippen LogP contribution in [0.2, 0.25) is 0 Å². The lowest BCUT2D eigenvalue weighted by molar-refractivity contribution is 0.107. The van der Waals surface area contributed by atoms with Gasteiger partial charge in [0.15, 0.2) is 5.65 Å². The number of carbonyl (C=O) groups excluding carboxylic acids is 1. The van der Waals surface area contributed by atoms with Crippen LogP contribution in [0.4, 0.5) is 10.2 Å². The number of carbonyl (C=O) groups is 1. The lowest BCUT2D eigenvalue weighted by atomic mass is 10.0. The first-order valence-electron chi connectivity index (χ1n) is 7.70. The number of fused-ring (bicyclic) bond motifs is 1. The maximum atomic E-state index is 13.6. The molecular formula is C17H14ClFN4O. The van der Waals surface area contributed by atoms with Crippen LogP contribution in [-0.2, 0) is 0 Å². The Hall–Kier alpha value is -2.47. The number of hydrogen-bond donors (Lipinski definition) is 0. The number of hydrogen-bond acceptors (Lipinski definition) is 4. The second-order valence-corrected chi connectivity index (χ2v) is 6.13. The molecule has 1 fully saturated rings. The average molecular weight is 345 g/mol. The summed E-state index contributed by atoms with van der Waals surface area (Å²) in [6, 6.07) is 10.4. The van der Waals surface area contributed by atoms with Crippen molar-refractivity contribution in [1.82, 2.24) is 14.6 Å². The van der Waals surface area contributed by atoms with Crippen LogP contribution in [0.25, 0.3) is 5.65 Å². The zero-order valence-corrected chi connectivity index (χ0v) is 13.4. The second kappa shape index (κ2) is 5.87. The molecular weight excluding hydrogens is 331 g/mol. The van der Waals surface area contributed by atoms with Crippen LogP contribution in [-0.4, -0.2) is 26.4 Å². The Morgan fingerprint density at radius 1 is 1.29 bits per heavy atom. The van der Waals surface area contributed by atoms with E-state index in [1.165, 1.54) is 16.8 Å². The first-order valence-corrected chi connectivity index (χ1v) is 8.08. The van der Waals surface area contributed by atoms with Gasteiger partial charge in [0.05, 0.1) is 12.2 Å². The molecule has 0 N–H and O–H groups in total. The number of aromatic nitrogens is 3. The highest BCUT2D eigenvalue weighted by molar-refractivity contribution is 6.67. The van der Waals surface area contributed by atoms with Crippen molar-refractivity contribution in [3.05, 3.63) is 59.7 Å². The number of anilines is 1. The minimum atomic E-state index is -0.602. The van der Waals surface area contributed by atoms with Crippen molar-refractivity contribution >= 4 is 28.3 Å². The minimum absolute atomic E-state index is 0.0596. The third kappa shape index (κ3) is 2.53. The molecule has 24 heavy (non-hydrogen) atoms. The summed E-state index contributed by atoms with van der Waals surface area (Å²) < 4.78 is 15.0. The first-order chi connectivity index (χ1) is 11.6. The largest absolute Gasteiger partial charge is 0.348 e. The van der Waals surface area contributed by atoms with E-state index in [1.54, 1.807) is 18.2 Å². The van der Waals surface area contributed by atoms with Crippen LogP contribution in [0.15, 0.2) is 42.6 Å². The third-order valence-corrected chi connectivity index (χ3v) is 4.52. The molecule has 5 nitrogen and oxygen atoms in total. The summed E-state index contributed by atoms with van der Waals surface area (Å²) in [7, 11) is 0. The molecule has 7 heteroatoms. The van der Waals surface area contributed by atoms with Crippen molar-refractivity contribution < 1.29 is 9.18 Å². The van der Waals surface area contributed by atoms with Gasteiger partial charge in [-0.2, -0.15) is 0 Å². The van der Waals surface area contributed by atoms with Gasteiger partial charge in [-0.05, 0) is 54.3 Å². The topological polar surface area (TPSA) is 50.5 Å². The lowest BCUT2D eigenvalue weighted by Gasteiger charge is -2.26. The standard InChI is InChI=1S/C17H14ClFN4O/c18-17(24)14-10-20-15-6-7-16(21-23(14)15)22-8-2-5-13(22)11-3-1-4-12(19)9-11/h1,3-4,6-7,9-10,13H,2,5,8H2. The highest BCUT2D eigenvalue weighted by atomic mass is 35.5. The van der Waals surface area contributed by atoms with Gasteiger partial charge >= 0.3 is 0 Å². The normalized spacial score (nSPS) is 17.6. The van der Waals surface area contributed by atoms with Gasteiger partial charge in [0.2, 0.25) is 0 Å². The first kappa shape index (κ1) is 15.1. The van der Waals surface area contributed by atoms with Gasteiger partial charge in [-0.15, -0.1) is 5.10 Å². The summed E-state index contributed by atoms with van der Waals surface area (Å²) >= 11 is 5.58. The van der Waals surface area contributed by atoms with E-state index >= 15 is 0 Å². The van der Waals surface area contributed by atoms with Crippen LogP contribution in [0.5, 0.6) is 0 Å². The number of rotatable bonds is 3. The maximum absolute atomic E-state index is 13.6. The van der Waals surface area contributed by atoms with Crippen molar-refractivity contribution in [2.75, 3.05) is 11.4 Å². The third-order valence-electron chi connectivity index (χ3n) is 4.33. The van der Waals surface area contributed by atoms with Crippen molar-refractivity contribution in [3.63, 3.8) is 0 Å². The molecule has 1 saturated heterocycles. The van der Waals surface area contributed by atoms with E-state index in [0.29, 0.717) is 11.5 Å². The van der Waals surface area contributed by atoms with Gasteiger partial charge in [0.1, 0.15) is 17.3 Å². The van der Waals surface area contributed by atoms with Crippen molar-refractivity contribution in [1.29, 1.82) is 0 Å². The van der Waals surface area contributed by atoms with E-state index in [1.807, 2.05) is 12.1 Å². The van der Waals surface area contributed by atoms with E-state index in [9.17, 15) is 9.18 Å². The highest BCUT2D eigenvalue weighted by Gasteiger charge is 2.28. The summed E-state index contributed by atoms with van der Waals surface area (Å²) in [6.07, 6.45) is 3.33. The zero-order chi connectivity index (χ0) is 16.7. The Kier molecular flexibility index (Phi) is 3.69. The summed E-state index contributed by atoms with van der Waals surface area (Å²) in [6.45, 7) is 0.818. The zero-order valence-electron chi connectivity index (χ0n) is 12.7. The number of halogens is 2. The van der Waals surface area contributed by atoms with Gasteiger partial charge in [0.25, 0.3) is 5.24 Å². The Labute approximate surface area is 142 Å². The van der Waals surface area contributed by atoms with E-state index in [-0.39, 0.29) is 17.6 Å². The fourth-order valence-corrected chi connectivity index (χ4v) is 3.38. The fourth-order valence-electron chi connectivity index (χ4n) is 3.25. The Balaban J connectivity index is 1.75. The van der Waals surface area contributed by atoms with Gasteiger partial charge in [-0.1, -0.05) is 12.1 Å². The maximum Gasteiger partial charge on any atom is 0.272 e. The Morgan fingerprint density at radius 2 is 2.17 bits per heavy atom. The molecule has 1 unspecified atom stereocenters. The van der Waals surface area contributed by atoms with Crippen LogP contribution >= 0.6 is 11.6 Å². The predicted octanol–water partition coefficient (Wildman–Crippen LogP) is 3.59. The quantitative estimate of drug-likeness (QED) is 0.681. The molecule has 0 bridgehead atoms. The lowest BCUT2D eigenvalue weighted by Crippen LogP contribution is -2.24. The highest BCUT2D eigenvalue weighted by Crippen LogP contribution is 2.35. The molecule has 122 valence electrons. The number of nitrogens with zero attached hydrogens (tertiary/aromatic N) is 4. The molecule has 4 rings (SSSR count). The molecule has 1 aliphatic heterocycles. The second-order valence-electron chi connectivity index (χ2n) is 5.79. The molecule has 1 aliphatic rings. The van der Waals surface area contributed by atoms with E-state index in [2.05, 4.69) is 15.0 Å². The molecule has 0 radical (unpaired) electrons. The number of imidazole rings is 1. The predicted molar refractivity (Wildman–Crippen MR) is 88.9 cm³/mol. The molecule has 0 saturated carbocycles. The van der Waals surface area contributed by atoms with Crippen LogP contribution in [0.3, 0.4) is 0 Å². The summed E-state index contributed by atoms with van der Waals surface area (Å²) in [4.78, 5) is 17.7. The monoisotopic (exact) mass is 344 g/mol. The van der Waals surface area contributed by atoms with Crippen LogP contribution in [0, 0.1) is 5.82 Å². The van der Waals surface area contributed by atoms with Crippen LogP contribution < -0.4 is 4.90 Å². The smallest absolute Gasteiger partial charge is 0.272 e. The van der Waals surface area contributed by atoms with E-state index in [4.69, 9.17) is 11.6 Å². The van der Waals surface area contributed by atoms with Crippen molar-refractivity contribution in [2.24, 2.45) is 0 Å². The fraction of sp³-hybridized carbons (Fsp3) is 0.235. The molecule has 1 atom stereocenters. The molecule has 0 spiro atoms. The molecule has 0 aliphatic carbocycles. The summed E-state index contributed by atoms with van der Waals surface area (Å²) in [5.74, 6) is 0.471. The molecule has 3 heterocycles. The Bertz CT molecular complexity index is 926. The van der Waals surface area contributed by atoms with Gasteiger partial charge < -0.3 is 4.90 Å². The molecule has 2 aromatic heterocycles. The molecule has 0 amide bonds. The van der Waals surface area contributed by atoms with Gasteiger partial charge in [-0.25, -0.2) is 13.9 Å². The van der Waals surface area contributed by atoms with Crippen molar-refractivity contribution in [3.8, 4) is 0 Å².